The molecule has 0 radical (unpaired) electrons. The van der Waals surface area contributed by atoms with Crippen molar-refractivity contribution < 1.29 is 19.8 Å². The molecule has 2 N–H and O–H groups in total. The van der Waals surface area contributed by atoms with Crippen molar-refractivity contribution in [3.8, 4) is 33.4 Å². The number of benzene rings is 6. The Morgan fingerprint density at radius 3 is 1.64 bits per heavy atom. The molecule has 0 saturated heterocycles. The Hall–Kier alpha value is -5.22. The number of carboxylic acid groups (broad SMARTS) is 2. The van der Waals surface area contributed by atoms with Gasteiger partial charge in [-0.15, -0.1) is 0 Å². The van der Waals surface area contributed by atoms with E-state index < -0.39 is 11.9 Å². The molecule has 186 valence electrons. The lowest BCUT2D eigenvalue weighted by Gasteiger charge is -2.19. The van der Waals surface area contributed by atoms with E-state index in [1.54, 1.807) is 24.3 Å². The number of fused-ring (bicyclic) bond motifs is 5. The lowest BCUT2D eigenvalue weighted by molar-refractivity contribution is 0.0688. The van der Waals surface area contributed by atoms with Gasteiger partial charge in [0, 0.05) is 0 Å². The summed E-state index contributed by atoms with van der Waals surface area (Å²) < 4.78 is 0. The molecular weight excluding hydrogens is 484 g/mol. The van der Waals surface area contributed by atoms with Crippen LogP contribution in [0.25, 0.3) is 54.9 Å². The number of rotatable bonds is 4. The van der Waals surface area contributed by atoms with Crippen LogP contribution in [-0.4, -0.2) is 22.2 Å². The summed E-state index contributed by atoms with van der Waals surface area (Å²) in [5, 5.41) is 22.8. The summed E-state index contributed by atoms with van der Waals surface area (Å²) >= 11 is 0. The molecule has 6 aromatic rings. The van der Waals surface area contributed by atoms with Crippen molar-refractivity contribution in [1.82, 2.24) is 0 Å². The van der Waals surface area contributed by atoms with Gasteiger partial charge in [0.05, 0.1) is 11.1 Å². The molecule has 0 atom stereocenters. The number of carboxylic acids is 2. The van der Waals surface area contributed by atoms with Gasteiger partial charge in [0.15, 0.2) is 0 Å². The van der Waals surface area contributed by atoms with Gasteiger partial charge in [-0.25, -0.2) is 9.59 Å². The quantitative estimate of drug-likeness (QED) is 0.252. The average molecular weight is 507 g/mol. The standard InChI is InChI=1S/C35H22O4/c36-34(37)30-15-5-9-22-23(10-3-12-25(22)30)29-18-17-27-21-8-2-1-7-20(21)19-32(27)33(29)28-14-4-13-26-24(28)11-6-16-31(26)35(38)39/h1-18H,19H2,(H,36,37)(H,38,39). The zero-order valence-corrected chi connectivity index (χ0v) is 20.8. The molecule has 1 aliphatic rings. The van der Waals surface area contributed by atoms with Gasteiger partial charge in [0.25, 0.3) is 0 Å². The second-order valence-electron chi connectivity index (χ2n) is 9.87. The van der Waals surface area contributed by atoms with E-state index in [0.717, 1.165) is 39.4 Å². The predicted molar refractivity (Wildman–Crippen MR) is 154 cm³/mol. The third kappa shape index (κ3) is 3.46. The van der Waals surface area contributed by atoms with Crippen molar-refractivity contribution in [3.05, 3.63) is 131 Å². The molecule has 7 rings (SSSR count). The van der Waals surface area contributed by atoms with Crippen molar-refractivity contribution in [2.75, 3.05) is 0 Å². The van der Waals surface area contributed by atoms with E-state index in [-0.39, 0.29) is 11.1 Å². The van der Waals surface area contributed by atoms with Gasteiger partial charge in [-0.05, 0) is 84.6 Å². The second-order valence-corrected chi connectivity index (χ2v) is 9.87. The highest BCUT2D eigenvalue weighted by Crippen LogP contribution is 2.48. The van der Waals surface area contributed by atoms with Crippen LogP contribution in [-0.2, 0) is 6.42 Å². The molecule has 0 fully saturated rings. The van der Waals surface area contributed by atoms with Crippen LogP contribution in [0, 0.1) is 0 Å². The monoisotopic (exact) mass is 506 g/mol. The number of hydrogen-bond donors (Lipinski definition) is 2. The largest absolute Gasteiger partial charge is 0.478 e. The van der Waals surface area contributed by atoms with Gasteiger partial charge in [0.1, 0.15) is 0 Å². The summed E-state index contributed by atoms with van der Waals surface area (Å²) in [7, 11) is 0. The molecule has 39 heavy (non-hydrogen) atoms. The number of hydrogen-bond acceptors (Lipinski definition) is 2. The highest BCUT2D eigenvalue weighted by Gasteiger charge is 2.26. The smallest absolute Gasteiger partial charge is 0.336 e. The van der Waals surface area contributed by atoms with Crippen LogP contribution in [0.3, 0.4) is 0 Å². The topological polar surface area (TPSA) is 74.6 Å². The van der Waals surface area contributed by atoms with Crippen LogP contribution in [0.1, 0.15) is 31.8 Å². The number of aromatic carboxylic acids is 2. The Labute approximate surface area is 224 Å². The summed E-state index contributed by atoms with van der Waals surface area (Å²) in [6.07, 6.45) is 0.759. The maximum Gasteiger partial charge on any atom is 0.336 e. The summed E-state index contributed by atoms with van der Waals surface area (Å²) in [6.45, 7) is 0. The van der Waals surface area contributed by atoms with Crippen molar-refractivity contribution in [2.45, 2.75) is 6.42 Å². The first-order chi connectivity index (χ1) is 19.0. The van der Waals surface area contributed by atoms with Crippen molar-refractivity contribution in [1.29, 1.82) is 0 Å². The van der Waals surface area contributed by atoms with Gasteiger partial charge in [-0.3, -0.25) is 0 Å². The van der Waals surface area contributed by atoms with E-state index in [0.29, 0.717) is 10.8 Å². The Balaban J connectivity index is 1.60. The Morgan fingerprint density at radius 1 is 0.462 bits per heavy atom. The fourth-order valence-electron chi connectivity index (χ4n) is 6.19. The molecule has 4 nitrogen and oxygen atoms in total. The molecule has 0 unspecified atom stereocenters. The van der Waals surface area contributed by atoms with Gasteiger partial charge in [-0.1, -0.05) is 97.1 Å². The summed E-state index contributed by atoms with van der Waals surface area (Å²) in [5.74, 6) is -1.92. The van der Waals surface area contributed by atoms with E-state index in [9.17, 15) is 19.8 Å². The fraction of sp³-hybridized carbons (Fsp3) is 0.0286. The molecule has 6 aromatic carbocycles. The Bertz CT molecular complexity index is 2000. The van der Waals surface area contributed by atoms with Crippen molar-refractivity contribution >= 4 is 33.5 Å². The van der Waals surface area contributed by atoms with Crippen LogP contribution in [0.15, 0.2) is 109 Å². The van der Waals surface area contributed by atoms with Gasteiger partial charge in [-0.2, -0.15) is 0 Å². The molecule has 0 spiro atoms. The normalized spacial score (nSPS) is 11.9. The van der Waals surface area contributed by atoms with Crippen LogP contribution < -0.4 is 0 Å². The van der Waals surface area contributed by atoms with Gasteiger partial charge in [0.2, 0.25) is 0 Å². The highest BCUT2D eigenvalue weighted by molar-refractivity contribution is 6.13. The van der Waals surface area contributed by atoms with E-state index in [2.05, 4.69) is 42.5 Å². The van der Waals surface area contributed by atoms with Crippen LogP contribution in [0.5, 0.6) is 0 Å². The highest BCUT2D eigenvalue weighted by atomic mass is 16.4. The predicted octanol–water partition coefficient (Wildman–Crippen LogP) is 8.29. The summed E-state index contributed by atoms with van der Waals surface area (Å²) in [4.78, 5) is 24.1. The van der Waals surface area contributed by atoms with Crippen molar-refractivity contribution in [2.24, 2.45) is 0 Å². The van der Waals surface area contributed by atoms with Crippen LogP contribution in [0.4, 0.5) is 0 Å². The van der Waals surface area contributed by atoms with Crippen molar-refractivity contribution in [3.63, 3.8) is 0 Å². The van der Waals surface area contributed by atoms with Gasteiger partial charge >= 0.3 is 11.9 Å². The first kappa shape index (κ1) is 22.9. The molecule has 0 heterocycles. The van der Waals surface area contributed by atoms with E-state index in [1.165, 1.54) is 22.3 Å². The molecule has 0 bridgehead atoms. The first-order valence-corrected chi connectivity index (χ1v) is 12.8. The first-order valence-electron chi connectivity index (χ1n) is 12.8. The minimum atomic E-state index is -0.961. The molecule has 0 aromatic heterocycles. The molecular formula is C35H22O4. The minimum absolute atomic E-state index is 0.265. The maximum absolute atomic E-state index is 12.1. The average Bonchev–Trinajstić information content (AvgIpc) is 3.34. The van der Waals surface area contributed by atoms with E-state index in [1.807, 2.05) is 42.5 Å². The lowest BCUT2D eigenvalue weighted by Crippen LogP contribution is -2.00. The fourth-order valence-corrected chi connectivity index (χ4v) is 6.19. The zero-order valence-electron chi connectivity index (χ0n) is 20.8. The van der Waals surface area contributed by atoms with Crippen LogP contribution in [0.2, 0.25) is 0 Å². The molecule has 0 amide bonds. The summed E-state index contributed by atoms with van der Waals surface area (Å²) in [6, 6.07) is 35.1. The lowest BCUT2D eigenvalue weighted by atomic mass is 9.84. The molecule has 0 saturated carbocycles. The molecule has 1 aliphatic carbocycles. The molecule has 0 aliphatic heterocycles. The number of carbonyl (C=O) groups is 2. The summed E-state index contributed by atoms with van der Waals surface area (Å²) in [5.41, 5.74) is 9.28. The Kier molecular flexibility index (Phi) is 5.10. The Morgan fingerprint density at radius 2 is 0.974 bits per heavy atom. The van der Waals surface area contributed by atoms with Gasteiger partial charge < -0.3 is 10.2 Å². The maximum atomic E-state index is 12.1. The third-order valence-electron chi connectivity index (χ3n) is 7.85. The van der Waals surface area contributed by atoms with E-state index >= 15 is 0 Å². The second kappa shape index (κ2) is 8.67. The van der Waals surface area contributed by atoms with Crippen LogP contribution >= 0.6 is 0 Å². The van der Waals surface area contributed by atoms with E-state index in [4.69, 9.17) is 0 Å². The molecule has 4 heteroatoms. The third-order valence-corrected chi connectivity index (χ3v) is 7.85. The zero-order chi connectivity index (χ0) is 26.7. The SMILES string of the molecule is O=C(O)c1cccc2c(-c3ccc4c(c3-c3cccc5c(C(=O)O)cccc35)Cc3ccccc3-4)cccc12. The minimum Gasteiger partial charge on any atom is -0.478 e.